The molecular formula is C14H20ClNO. The van der Waals surface area contributed by atoms with Crippen LogP contribution in [-0.4, -0.2) is 19.3 Å². The van der Waals surface area contributed by atoms with Gasteiger partial charge in [-0.25, -0.2) is 0 Å². The Labute approximate surface area is 108 Å². The van der Waals surface area contributed by atoms with Crippen LogP contribution in [0, 0.1) is 6.92 Å². The van der Waals surface area contributed by atoms with Gasteiger partial charge < -0.3 is 10.1 Å². The second kappa shape index (κ2) is 6.39. The lowest BCUT2D eigenvalue weighted by atomic mass is 10.1. The van der Waals surface area contributed by atoms with Crippen LogP contribution in [-0.2, 0) is 11.3 Å². The fourth-order valence-corrected chi connectivity index (χ4v) is 2.44. The molecule has 1 aromatic rings. The zero-order valence-electron chi connectivity index (χ0n) is 10.3. The van der Waals surface area contributed by atoms with Gasteiger partial charge >= 0.3 is 0 Å². The van der Waals surface area contributed by atoms with E-state index in [4.69, 9.17) is 16.3 Å². The molecule has 1 unspecified atom stereocenters. The van der Waals surface area contributed by atoms with E-state index in [0.29, 0.717) is 6.10 Å². The molecule has 3 heteroatoms. The molecule has 0 spiro atoms. The Hall–Kier alpha value is -0.570. The molecule has 0 aromatic heterocycles. The minimum absolute atomic E-state index is 0.480. The van der Waals surface area contributed by atoms with Crippen molar-refractivity contribution in [2.45, 2.75) is 38.8 Å². The van der Waals surface area contributed by atoms with Crippen molar-refractivity contribution < 1.29 is 4.74 Å². The zero-order valence-corrected chi connectivity index (χ0v) is 11.1. The second-order valence-corrected chi connectivity index (χ2v) is 5.11. The maximum absolute atomic E-state index is 5.93. The van der Waals surface area contributed by atoms with Crippen LogP contribution in [0.15, 0.2) is 18.2 Å². The summed E-state index contributed by atoms with van der Waals surface area (Å²) in [4.78, 5) is 0. The van der Waals surface area contributed by atoms with Gasteiger partial charge in [-0.1, -0.05) is 17.7 Å². The quantitative estimate of drug-likeness (QED) is 0.813. The first-order chi connectivity index (χ1) is 8.25. The van der Waals surface area contributed by atoms with Crippen LogP contribution in [0.2, 0.25) is 5.02 Å². The van der Waals surface area contributed by atoms with Crippen LogP contribution >= 0.6 is 11.6 Å². The Kier molecular flexibility index (Phi) is 4.84. The Morgan fingerprint density at radius 1 is 1.47 bits per heavy atom. The van der Waals surface area contributed by atoms with E-state index >= 15 is 0 Å². The summed E-state index contributed by atoms with van der Waals surface area (Å²) >= 11 is 5.93. The fraction of sp³-hybridized carbons (Fsp3) is 0.571. The number of benzene rings is 1. The van der Waals surface area contributed by atoms with Gasteiger partial charge in [-0.2, -0.15) is 0 Å². The van der Waals surface area contributed by atoms with Crippen molar-refractivity contribution in [3.8, 4) is 0 Å². The number of ether oxygens (including phenoxy) is 1. The van der Waals surface area contributed by atoms with E-state index in [1.54, 1.807) is 0 Å². The summed E-state index contributed by atoms with van der Waals surface area (Å²) in [6, 6.07) is 6.06. The van der Waals surface area contributed by atoms with Crippen molar-refractivity contribution in [3.63, 3.8) is 0 Å². The van der Waals surface area contributed by atoms with Crippen LogP contribution < -0.4 is 5.32 Å². The lowest BCUT2D eigenvalue weighted by molar-refractivity contribution is 0.104. The fourth-order valence-electron chi connectivity index (χ4n) is 2.22. The molecule has 0 bridgehead atoms. The van der Waals surface area contributed by atoms with E-state index in [2.05, 4.69) is 18.3 Å². The summed E-state index contributed by atoms with van der Waals surface area (Å²) in [6.07, 6.45) is 4.05. The number of hydrogen-bond donors (Lipinski definition) is 1. The molecule has 2 nitrogen and oxygen atoms in total. The molecule has 1 aliphatic rings. The van der Waals surface area contributed by atoms with Gasteiger partial charge in [-0.3, -0.25) is 0 Å². The van der Waals surface area contributed by atoms with Gasteiger partial charge in [0.15, 0.2) is 0 Å². The first kappa shape index (κ1) is 12.9. The predicted molar refractivity (Wildman–Crippen MR) is 71.5 cm³/mol. The molecule has 0 saturated carbocycles. The van der Waals surface area contributed by atoms with E-state index in [0.717, 1.165) is 31.1 Å². The molecule has 1 fully saturated rings. The lowest BCUT2D eigenvalue weighted by Gasteiger charge is -2.11. The third kappa shape index (κ3) is 3.98. The van der Waals surface area contributed by atoms with E-state index in [-0.39, 0.29) is 0 Å². The van der Waals surface area contributed by atoms with E-state index in [9.17, 15) is 0 Å². The third-order valence-electron chi connectivity index (χ3n) is 3.29. The van der Waals surface area contributed by atoms with Crippen molar-refractivity contribution in [1.29, 1.82) is 0 Å². The SMILES string of the molecule is Cc1cc(Cl)ccc1CNCCC1CCCO1. The smallest absolute Gasteiger partial charge is 0.0588 e. The summed E-state index contributed by atoms with van der Waals surface area (Å²) in [6.45, 7) is 4.98. The maximum Gasteiger partial charge on any atom is 0.0588 e. The highest BCUT2D eigenvalue weighted by atomic mass is 35.5. The van der Waals surface area contributed by atoms with Crippen molar-refractivity contribution in [2.75, 3.05) is 13.2 Å². The molecule has 1 heterocycles. The van der Waals surface area contributed by atoms with Gasteiger partial charge in [-0.05, 0) is 56.0 Å². The monoisotopic (exact) mass is 253 g/mol. The molecule has 1 saturated heterocycles. The molecular weight excluding hydrogens is 234 g/mol. The van der Waals surface area contributed by atoms with E-state index in [1.165, 1.54) is 24.0 Å². The van der Waals surface area contributed by atoms with Crippen LogP contribution in [0.1, 0.15) is 30.4 Å². The summed E-state index contributed by atoms with van der Waals surface area (Å²) in [5.74, 6) is 0. The average molecular weight is 254 g/mol. The molecule has 2 rings (SSSR count). The Bertz CT molecular complexity index is 361. The largest absolute Gasteiger partial charge is 0.378 e. The molecule has 1 atom stereocenters. The van der Waals surface area contributed by atoms with Gasteiger partial charge in [0.25, 0.3) is 0 Å². The van der Waals surface area contributed by atoms with Crippen LogP contribution in [0.25, 0.3) is 0 Å². The highest BCUT2D eigenvalue weighted by Gasteiger charge is 2.14. The molecule has 1 aromatic carbocycles. The minimum atomic E-state index is 0.480. The zero-order chi connectivity index (χ0) is 12.1. The van der Waals surface area contributed by atoms with E-state index in [1.807, 2.05) is 12.1 Å². The normalized spacial score (nSPS) is 19.8. The Morgan fingerprint density at radius 3 is 3.06 bits per heavy atom. The molecule has 0 aliphatic carbocycles. The summed E-state index contributed by atoms with van der Waals surface area (Å²) in [5.41, 5.74) is 2.57. The second-order valence-electron chi connectivity index (χ2n) is 4.67. The van der Waals surface area contributed by atoms with Gasteiger partial charge in [0.2, 0.25) is 0 Å². The molecule has 1 N–H and O–H groups in total. The average Bonchev–Trinajstić information content (AvgIpc) is 2.79. The van der Waals surface area contributed by atoms with Gasteiger partial charge in [-0.15, -0.1) is 0 Å². The Balaban J connectivity index is 1.70. The predicted octanol–water partition coefficient (Wildman–Crippen LogP) is 3.31. The molecule has 0 radical (unpaired) electrons. The standard InChI is InChI=1S/C14H20ClNO/c1-11-9-13(15)5-4-12(11)10-16-7-6-14-3-2-8-17-14/h4-5,9,14,16H,2-3,6-8,10H2,1H3. The molecule has 1 aliphatic heterocycles. The topological polar surface area (TPSA) is 21.3 Å². The Morgan fingerprint density at radius 2 is 2.35 bits per heavy atom. The lowest BCUT2D eigenvalue weighted by Crippen LogP contribution is -2.20. The number of halogens is 1. The summed E-state index contributed by atoms with van der Waals surface area (Å²) in [7, 11) is 0. The van der Waals surface area contributed by atoms with Crippen LogP contribution in [0.5, 0.6) is 0 Å². The maximum atomic E-state index is 5.93. The van der Waals surface area contributed by atoms with Gasteiger partial charge in [0.1, 0.15) is 0 Å². The first-order valence-electron chi connectivity index (χ1n) is 6.33. The van der Waals surface area contributed by atoms with Crippen LogP contribution in [0.3, 0.4) is 0 Å². The van der Waals surface area contributed by atoms with E-state index < -0.39 is 0 Å². The van der Waals surface area contributed by atoms with Crippen molar-refractivity contribution in [3.05, 3.63) is 34.3 Å². The van der Waals surface area contributed by atoms with Gasteiger partial charge in [0.05, 0.1) is 6.10 Å². The summed E-state index contributed by atoms with van der Waals surface area (Å²) < 4.78 is 5.59. The first-order valence-corrected chi connectivity index (χ1v) is 6.71. The van der Waals surface area contributed by atoms with Crippen LogP contribution in [0.4, 0.5) is 0 Å². The molecule has 94 valence electrons. The molecule has 17 heavy (non-hydrogen) atoms. The van der Waals surface area contributed by atoms with Crippen molar-refractivity contribution in [2.24, 2.45) is 0 Å². The molecule has 0 amide bonds. The van der Waals surface area contributed by atoms with Gasteiger partial charge in [0, 0.05) is 18.2 Å². The number of aryl methyl sites for hydroxylation is 1. The number of nitrogens with one attached hydrogen (secondary N) is 1. The van der Waals surface area contributed by atoms with Crippen molar-refractivity contribution >= 4 is 11.6 Å². The highest BCUT2D eigenvalue weighted by Crippen LogP contribution is 2.16. The number of rotatable bonds is 5. The summed E-state index contributed by atoms with van der Waals surface area (Å²) in [5, 5.41) is 4.28. The number of hydrogen-bond acceptors (Lipinski definition) is 2. The van der Waals surface area contributed by atoms with Crippen molar-refractivity contribution in [1.82, 2.24) is 5.32 Å². The minimum Gasteiger partial charge on any atom is -0.378 e. The highest BCUT2D eigenvalue weighted by molar-refractivity contribution is 6.30. The third-order valence-corrected chi connectivity index (χ3v) is 3.52.